The molecule has 32 nitrogen and oxygen atoms in total. The summed E-state index contributed by atoms with van der Waals surface area (Å²) >= 11 is 0. The van der Waals surface area contributed by atoms with Crippen LogP contribution in [0, 0.1) is 0 Å². The molecule has 0 aliphatic carbocycles. The van der Waals surface area contributed by atoms with Gasteiger partial charge in [0.2, 0.25) is 0 Å². The van der Waals surface area contributed by atoms with Gasteiger partial charge >= 0.3 is 5.97 Å². The van der Waals surface area contributed by atoms with Crippen molar-refractivity contribution in [3.05, 3.63) is 0 Å². The van der Waals surface area contributed by atoms with E-state index in [-0.39, 0.29) is 6.42 Å². The van der Waals surface area contributed by atoms with Crippen LogP contribution in [0.25, 0.3) is 0 Å². The molecule has 502 valence electrons. The van der Waals surface area contributed by atoms with Gasteiger partial charge in [0.15, 0.2) is 43.8 Å². The van der Waals surface area contributed by atoms with Crippen LogP contribution in [0.4, 0.5) is 0 Å². The van der Waals surface area contributed by atoms with E-state index < -0.39 is 230 Å². The van der Waals surface area contributed by atoms with Crippen LogP contribution in [0.3, 0.4) is 0 Å². The number of aliphatic hydroxyl groups is 17. The van der Waals surface area contributed by atoms with Crippen LogP contribution in [-0.2, 0) is 71.4 Å². The molecule has 0 radical (unpaired) electrons. The third-order valence-corrected chi connectivity index (χ3v) is 16.9. The first-order chi connectivity index (χ1) is 41.4. The van der Waals surface area contributed by atoms with Crippen molar-refractivity contribution in [1.29, 1.82) is 0 Å². The van der Waals surface area contributed by atoms with Gasteiger partial charge in [-0.2, -0.15) is 4.89 Å². The molecular formula is C54H94O32. The molecule has 22 saturated heterocycles. The Bertz CT molecular complexity index is 1920. The Morgan fingerprint density at radius 1 is 0.291 bits per heavy atom. The Hall–Kier alpha value is -1.73. The molecule has 22 heterocycles. The smallest absolute Gasteiger partial charge is 0.342 e. The van der Waals surface area contributed by atoms with Crippen molar-refractivity contribution >= 4 is 5.97 Å². The lowest BCUT2D eigenvalue weighted by Gasteiger charge is -2.50. The number of unbranched alkanes of at least 4 members (excludes halogenated alkanes) is 14. The van der Waals surface area contributed by atoms with Crippen LogP contribution in [0.2, 0.25) is 0 Å². The van der Waals surface area contributed by atoms with Crippen LogP contribution in [-0.4, -0.2) is 317 Å². The maximum Gasteiger partial charge on any atom is 0.342 e. The molecule has 0 aromatic heterocycles. The molecular weight excluding hydrogens is 1160 g/mol. The van der Waals surface area contributed by atoms with E-state index in [0.717, 1.165) is 32.1 Å². The van der Waals surface area contributed by atoms with E-state index in [0.29, 0.717) is 12.8 Å². The largest absolute Gasteiger partial charge is 0.394 e. The molecule has 17 N–H and O–H groups in total. The fourth-order valence-corrected chi connectivity index (χ4v) is 11.8. The van der Waals surface area contributed by atoms with Crippen molar-refractivity contribution in [1.82, 2.24) is 0 Å². The number of ether oxygens (including phenoxy) is 12. The maximum atomic E-state index is 13.2. The predicted octanol–water partition coefficient (Wildman–Crippen LogP) is -6.31. The number of carbonyl (C=O) groups is 1. The third-order valence-electron chi connectivity index (χ3n) is 16.9. The van der Waals surface area contributed by atoms with Gasteiger partial charge in [-0.05, 0) is 6.42 Å². The van der Waals surface area contributed by atoms with Crippen LogP contribution >= 0.6 is 0 Å². The third kappa shape index (κ3) is 17.5. The first-order valence-corrected chi connectivity index (χ1v) is 30.2. The summed E-state index contributed by atoms with van der Waals surface area (Å²) in [6.45, 7) is -3.95. The minimum absolute atomic E-state index is 0.152. The summed E-state index contributed by atoms with van der Waals surface area (Å²) in [7, 11) is 0. The van der Waals surface area contributed by atoms with Crippen molar-refractivity contribution < 1.29 is 158 Å². The first kappa shape index (κ1) is 71.7. The minimum Gasteiger partial charge on any atom is -0.394 e. The summed E-state index contributed by atoms with van der Waals surface area (Å²) < 4.78 is 69.7. The number of aliphatic hydroxyl groups excluding tert-OH is 17. The average molecular weight is 1260 g/mol. The molecule has 22 fully saturated rings. The lowest BCUT2D eigenvalue weighted by atomic mass is 9.94. The van der Waals surface area contributed by atoms with Gasteiger partial charge in [-0.15, -0.1) is 0 Å². The van der Waals surface area contributed by atoms with Gasteiger partial charge in [-0.25, -0.2) is 4.79 Å². The second-order valence-corrected chi connectivity index (χ2v) is 23.1. The van der Waals surface area contributed by atoms with Crippen molar-refractivity contribution in [2.75, 3.05) is 39.6 Å². The summed E-state index contributed by atoms with van der Waals surface area (Å²) in [4.78, 5) is 23.9. The monoisotopic (exact) mass is 1250 g/mol. The van der Waals surface area contributed by atoms with Crippen molar-refractivity contribution in [3.63, 3.8) is 0 Å². The van der Waals surface area contributed by atoms with E-state index >= 15 is 0 Å². The number of carbonyl (C=O) groups excluding carboxylic acids is 1. The first-order valence-electron chi connectivity index (χ1n) is 30.2. The van der Waals surface area contributed by atoms with Crippen LogP contribution < -0.4 is 0 Å². The molecule has 0 aromatic carbocycles. The van der Waals surface area contributed by atoms with Gasteiger partial charge in [-0.1, -0.05) is 96.8 Å². The highest BCUT2D eigenvalue weighted by molar-refractivity contribution is 5.68. The molecule has 12 bridgehead atoms. The molecule has 0 aromatic rings. The summed E-state index contributed by atoms with van der Waals surface area (Å²) in [5, 5.41) is 189. The van der Waals surface area contributed by atoms with Crippen molar-refractivity contribution in [2.24, 2.45) is 0 Å². The van der Waals surface area contributed by atoms with Gasteiger partial charge in [0, 0.05) is 6.42 Å². The molecule has 30 atom stereocenters. The Morgan fingerprint density at radius 3 is 0.767 bits per heavy atom. The second kappa shape index (κ2) is 34.8. The standard InChI is InChI=1S/C54H94O32/c1-2-3-4-5-6-7-8-9-10-11-12-13-14-15-16-17-30(61)85-86-48-41(72)54-78-29(23-60)47(48)84-53-40(71)35(66)45(27(21-58)77-53)82-51-38(69)33(64)43(25(19-56)75-51)80-49-36(67)31(62)42(24(18-55)73-49)79-50-37(68)32(63)44(26(20-57)74-50)81-52-39(70)34(65)46(83-54)28(22-59)76-52/h24-29,31-60,62-72H,2-23H2,1H3/t24-,25-,26-,27-,28-,29-,31-,32-,33-,34-,35-,36-,37-,38-,39-,40-,41-,42-,43-,44-,45-,46-,47+,48-,49-,50-,51-,52-,53-,54-/m1/s1. The Morgan fingerprint density at radius 2 is 0.512 bits per heavy atom. The van der Waals surface area contributed by atoms with Crippen LogP contribution in [0.1, 0.15) is 110 Å². The highest BCUT2D eigenvalue weighted by Crippen LogP contribution is 2.39. The zero-order valence-electron chi connectivity index (χ0n) is 48.1. The summed E-state index contributed by atoms with van der Waals surface area (Å²) in [6.07, 6.45) is -43.5. The van der Waals surface area contributed by atoms with Gasteiger partial charge in [0.1, 0.15) is 140 Å². The van der Waals surface area contributed by atoms with Crippen LogP contribution in [0.15, 0.2) is 0 Å². The summed E-state index contributed by atoms with van der Waals surface area (Å²) in [5.41, 5.74) is 0. The van der Waals surface area contributed by atoms with Crippen molar-refractivity contribution in [3.8, 4) is 0 Å². The van der Waals surface area contributed by atoms with Gasteiger partial charge in [-0.3, -0.25) is 4.89 Å². The fourth-order valence-electron chi connectivity index (χ4n) is 11.8. The van der Waals surface area contributed by atoms with Gasteiger partial charge in [0.05, 0.1) is 39.6 Å². The number of hydrogen-bond donors (Lipinski definition) is 17. The molecule has 22 aliphatic rings. The number of rotatable bonds is 24. The summed E-state index contributed by atoms with van der Waals surface area (Å²) in [5.74, 6) is -0.910. The molecule has 0 spiro atoms. The Balaban J connectivity index is 1.10. The van der Waals surface area contributed by atoms with E-state index in [4.69, 9.17) is 66.6 Å². The van der Waals surface area contributed by atoms with Crippen LogP contribution in [0.5, 0.6) is 0 Å². The lowest BCUT2D eigenvalue weighted by Crippen LogP contribution is -2.69. The quantitative estimate of drug-likeness (QED) is 0.0243. The molecule has 0 saturated carbocycles. The van der Waals surface area contributed by atoms with Gasteiger partial charge in [0.25, 0.3) is 0 Å². The van der Waals surface area contributed by atoms with Crippen molar-refractivity contribution in [2.45, 2.75) is 294 Å². The van der Waals surface area contributed by atoms with E-state index in [1.807, 2.05) is 0 Å². The molecule has 22 aliphatic heterocycles. The molecule has 0 unspecified atom stereocenters. The topological polar surface area (TPSA) is 490 Å². The zero-order valence-corrected chi connectivity index (χ0v) is 48.1. The molecule has 86 heavy (non-hydrogen) atoms. The molecule has 32 heteroatoms. The lowest BCUT2D eigenvalue weighted by molar-refractivity contribution is -0.421. The second-order valence-electron chi connectivity index (χ2n) is 23.1. The predicted molar refractivity (Wildman–Crippen MR) is 280 cm³/mol. The fraction of sp³-hybridized carbons (Fsp3) is 0.981. The highest BCUT2D eigenvalue weighted by Gasteiger charge is 2.59. The highest BCUT2D eigenvalue weighted by atomic mass is 17.2. The molecule has 22 rings (SSSR count). The zero-order chi connectivity index (χ0) is 62.4. The Labute approximate surface area is 496 Å². The average Bonchev–Trinajstić information content (AvgIpc) is 1.71. The SMILES string of the molecule is CCCCCCCCCCCCCCCCCC(=O)OO[C@@H]1[C@@H](O)[C@H]2O[C@H]3[C@H](O)[C@@H](O)[C@@H](O[C@H]4[C@H](O)[C@@H](O)[C@@H](O[C@H]5[C@H](O)[C@@H](O)[C@@H](O[C@H]6[C@H](O)[C@@H](O)[C@@H](O[C@H]7[C@H](O)[C@@H](O)[C@@H](O[C@H]1[C@@H](CO)O2)O[C@@H]7CO)O[C@@H]6CO)O[C@@H]5CO)O[C@@H]4CO)O[C@@H]3CO. The van der Waals surface area contributed by atoms with E-state index in [1.54, 1.807) is 0 Å². The van der Waals surface area contributed by atoms with E-state index in [1.165, 1.54) is 51.4 Å². The normalized spacial score (nSPS) is 45.2. The van der Waals surface area contributed by atoms with E-state index in [9.17, 15) is 91.6 Å². The Kier molecular flexibility index (Phi) is 29.0. The summed E-state index contributed by atoms with van der Waals surface area (Å²) in [6, 6.07) is 0. The maximum absolute atomic E-state index is 13.2. The van der Waals surface area contributed by atoms with E-state index in [2.05, 4.69) is 6.92 Å². The minimum atomic E-state index is -2.21. The van der Waals surface area contributed by atoms with Gasteiger partial charge < -0.3 is 144 Å². The molecule has 0 amide bonds. The number of hydrogen-bond acceptors (Lipinski definition) is 32.